The molecule has 0 aliphatic heterocycles. The molecule has 0 N–H and O–H groups in total. The maximum absolute atomic E-state index is 12.6. The Morgan fingerprint density at radius 3 is 2.62 bits per heavy atom. The van der Waals surface area contributed by atoms with E-state index in [2.05, 4.69) is 22.0 Å². The fraction of sp³-hybridized carbons (Fsp3) is 0.263. The molecule has 124 valence electrons. The summed E-state index contributed by atoms with van der Waals surface area (Å²) in [6.45, 7) is 4.29. The number of nitrogens with zero attached hydrogens (tertiary/aromatic N) is 2. The molecule has 0 fully saturated rings. The quantitative estimate of drug-likeness (QED) is 0.739. The van der Waals surface area contributed by atoms with E-state index in [9.17, 15) is 4.79 Å². The summed E-state index contributed by atoms with van der Waals surface area (Å²) in [5, 5.41) is 8.86. The van der Waals surface area contributed by atoms with Crippen LogP contribution in [0, 0.1) is 25.2 Å². The highest BCUT2D eigenvalue weighted by Crippen LogP contribution is 2.24. The molecule has 2 rings (SSSR count). The molecular formula is C19H19BrN2O2. The molecule has 4 nitrogen and oxygen atoms in total. The highest BCUT2D eigenvalue weighted by molar-refractivity contribution is 9.10. The molecule has 0 saturated carbocycles. The molecule has 0 saturated heterocycles. The number of amides is 1. The Labute approximate surface area is 150 Å². The van der Waals surface area contributed by atoms with Crippen molar-refractivity contribution in [3.8, 4) is 11.8 Å². The number of carbonyl (C=O) groups is 1. The van der Waals surface area contributed by atoms with Crippen molar-refractivity contribution in [2.75, 3.05) is 18.1 Å². The number of halogens is 1. The van der Waals surface area contributed by atoms with E-state index >= 15 is 0 Å². The van der Waals surface area contributed by atoms with Gasteiger partial charge in [0.15, 0.2) is 6.61 Å². The van der Waals surface area contributed by atoms with Gasteiger partial charge in [-0.2, -0.15) is 5.26 Å². The second-order valence-electron chi connectivity index (χ2n) is 5.44. The number of para-hydroxylation sites is 1. The lowest BCUT2D eigenvalue weighted by Gasteiger charge is -2.23. The molecule has 2 aromatic rings. The molecule has 5 heteroatoms. The first-order chi connectivity index (χ1) is 11.5. The van der Waals surface area contributed by atoms with Crippen molar-refractivity contribution in [2.45, 2.75) is 20.3 Å². The number of hydrogen-bond acceptors (Lipinski definition) is 3. The largest absolute Gasteiger partial charge is 0.483 e. The average molecular weight is 387 g/mol. The van der Waals surface area contributed by atoms with Gasteiger partial charge in [-0.05, 0) is 65.2 Å². The number of hydrogen-bond donors (Lipinski definition) is 0. The van der Waals surface area contributed by atoms with Crippen molar-refractivity contribution in [1.29, 1.82) is 5.26 Å². The van der Waals surface area contributed by atoms with Gasteiger partial charge in [0, 0.05) is 12.2 Å². The van der Waals surface area contributed by atoms with Crippen LogP contribution in [-0.2, 0) is 4.79 Å². The van der Waals surface area contributed by atoms with E-state index in [1.54, 1.807) is 11.0 Å². The minimum absolute atomic E-state index is 0.0824. The van der Waals surface area contributed by atoms with Gasteiger partial charge in [0.25, 0.3) is 5.91 Å². The first kappa shape index (κ1) is 18.0. The van der Waals surface area contributed by atoms with Crippen LogP contribution in [0.15, 0.2) is 46.9 Å². The van der Waals surface area contributed by atoms with Crippen molar-refractivity contribution >= 4 is 27.5 Å². The minimum atomic E-state index is -0.177. The van der Waals surface area contributed by atoms with Crippen LogP contribution in [0.1, 0.15) is 17.5 Å². The molecule has 0 aromatic heterocycles. The van der Waals surface area contributed by atoms with Gasteiger partial charge in [0.05, 0.1) is 17.0 Å². The Morgan fingerprint density at radius 2 is 1.96 bits per heavy atom. The Balaban J connectivity index is 2.14. The topological polar surface area (TPSA) is 53.3 Å². The maximum atomic E-state index is 12.6. The molecule has 1 amide bonds. The smallest absolute Gasteiger partial charge is 0.264 e. The fourth-order valence-corrected chi connectivity index (χ4v) is 2.63. The van der Waals surface area contributed by atoms with Crippen LogP contribution in [0.5, 0.6) is 5.75 Å². The summed E-state index contributed by atoms with van der Waals surface area (Å²) in [5.41, 5.74) is 3.05. The summed E-state index contributed by atoms with van der Waals surface area (Å²) in [7, 11) is 0. The minimum Gasteiger partial charge on any atom is -0.483 e. The van der Waals surface area contributed by atoms with E-state index < -0.39 is 0 Å². The number of anilines is 1. The van der Waals surface area contributed by atoms with Crippen molar-refractivity contribution in [3.63, 3.8) is 0 Å². The molecule has 0 bridgehead atoms. The van der Waals surface area contributed by atoms with Gasteiger partial charge in [-0.15, -0.1) is 0 Å². The van der Waals surface area contributed by atoms with Crippen LogP contribution in [0.4, 0.5) is 5.69 Å². The molecule has 0 unspecified atom stereocenters. The number of rotatable bonds is 6. The van der Waals surface area contributed by atoms with Crippen LogP contribution in [0.2, 0.25) is 0 Å². The summed E-state index contributed by atoms with van der Waals surface area (Å²) in [6, 6.07) is 15.3. The number of carbonyl (C=O) groups excluding carboxylic acids is 1. The number of aryl methyl sites for hydroxylation is 2. The molecular weight excluding hydrogens is 368 g/mol. The summed E-state index contributed by atoms with van der Waals surface area (Å²) in [4.78, 5) is 14.2. The van der Waals surface area contributed by atoms with Crippen molar-refractivity contribution < 1.29 is 9.53 Å². The van der Waals surface area contributed by atoms with Crippen molar-refractivity contribution in [2.24, 2.45) is 0 Å². The predicted molar refractivity (Wildman–Crippen MR) is 98.1 cm³/mol. The summed E-state index contributed by atoms with van der Waals surface area (Å²) in [6.07, 6.45) is 0.272. The Bertz CT molecular complexity index is 768. The van der Waals surface area contributed by atoms with Crippen LogP contribution in [0.25, 0.3) is 0 Å². The zero-order chi connectivity index (χ0) is 17.5. The fourth-order valence-electron chi connectivity index (χ4n) is 2.23. The number of nitriles is 1. The SMILES string of the molecule is Cc1ccc(N(CCC#N)C(=O)COc2ccccc2Br)cc1C. The van der Waals surface area contributed by atoms with Crippen LogP contribution < -0.4 is 9.64 Å². The molecule has 2 aromatic carbocycles. The predicted octanol–water partition coefficient (Wildman–Crippen LogP) is 4.39. The lowest BCUT2D eigenvalue weighted by Crippen LogP contribution is -2.35. The third-order valence-electron chi connectivity index (χ3n) is 3.74. The van der Waals surface area contributed by atoms with E-state index in [0.29, 0.717) is 12.3 Å². The lowest BCUT2D eigenvalue weighted by molar-refractivity contribution is -0.120. The summed E-state index contributed by atoms with van der Waals surface area (Å²) in [5.74, 6) is 0.440. The van der Waals surface area contributed by atoms with Crippen molar-refractivity contribution in [1.82, 2.24) is 0 Å². The molecule has 0 radical (unpaired) electrons. The third-order valence-corrected chi connectivity index (χ3v) is 4.39. The molecule has 0 aliphatic carbocycles. The normalized spacial score (nSPS) is 10.1. The van der Waals surface area contributed by atoms with Gasteiger partial charge in [0.2, 0.25) is 0 Å². The van der Waals surface area contributed by atoms with E-state index in [1.807, 2.05) is 50.2 Å². The van der Waals surface area contributed by atoms with Gasteiger partial charge < -0.3 is 9.64 Å². The second-order valence-corrected chi connectivity index (χ2v) is 6.30. The van der Waals surface area contributed by atoms with E-state index in [1.165, 1.54) is 0 Å². The number of benzene rings is 2. The zero-order valence-corrected chi connectivity index (χ0v) is 15.3. The van der Waals surface area contributed by atoms with E-state index in [4.69, 9.17) is 10.00 Å². The number of ether oxygens (including phenoxy) is 1. The van der Waals surface area contributed by atoms with Gasteiger partial charge in [-0.3, -0.25) is 4.79 Å². The average Bonchev–Trinajstić information content (AvgIpc) is 2.57. The summed E-state index contributed by atoms with van der Waals surface area (Å²) < 4.78 is 6.41. The molecule has 0 atom stereocenters. The summed E-state index contributed by atoms with van der Waals surface area (Å²) >= 11 is 3.39. The van der Waals surface area contributed by atoms with Gasteiger partial charge >= 0.3 is 0 Å². The zero-order valence-electron chi connectivity index (χ0n) is 13.8. The van der Waals surface area contributed by atoms with Gasteiger partial charge in [0.1, 0.15) is 5.75 Å². The maximum Gasteiger partial charge on any atom is 0.264 e. The molecule has 24 heavy (non-hydrogen) atoms. The monoisotopic (exact) mass is 386 g/mol. The van der Waals surface area contributed by atoms with E-state index in [-0.39, 0.29) is 18.9 Å². The molecule has 0 heterocycles. The first-order valence-corrected chi connectivity index (χ1v) is 8.44. The first-order valence-electron chi connectivity index (χ1n) is 7.65. The van der Waals surface area contributed by atoms with E-state index in [0.717, 1.165) is 21.3 Å². The van der Waals surface area contributed by atoms with Crippen LogP contribution >= 0.6 is 15.9 Å². The lowest BCUT2D eigenvalue weighted by atomic mass is 10.1. The molecule has 0 spiro atoms. The van der Waals surface area contributed by atoms with Crippen LogP contribution in [-0.4, -0.2) is 19.1 Å². The van der Waals surface area contributed by atoms with Crippen molar-refractivity contribution in [3.05, 3.63) is 58.1 Å². The van der Waals surface area contributed by atoms with Crippen LogP contribution in [0.3, 0.4) is 0 Å². The highest BCUT2D eigenvalue weighted by atomic mass is 79.9. The Morgan fingerprint density at radius 1 is 1.21 bits per heavy atom. The van der Waals surface area contributed by atoms with Gasteiger partial charge in [-0.1, -0.05) is 18.2 Å². The Kier molecular flexibility index (Phi) is 6.39. The third kappa shape index (κ3) is 4.59. The highest BCUT2D eigenvalue weighted by Gasteiger charge is 2.17. The van der Waals surface area contributed by atoms with Gasteiger partial charge in [-0.25, -0.2) is 0 Å². The Hall–Kier alpha value is -2.32. The standard InChI is InChI=1S/C19H19BrN2O2/c1-14-8-9-16(12-15(14)2)22(11-5-10-21)19(23)13-24-18-7-4-3-6-17(18)20/h3-4,6-9,12H,5,11,13H2,1-2H3. The second kappa shape index (κ2) is 8.51. The molecule has 0 aliphatic rings.